The summed E-state index contributed by atoms with van der Waals surface area (Å²) < 4.78 is 5.73. The second-order valence-electron chi connectivity index (χ2n) is 5.52. The highest BCUT2D eigenvalue weighted by molar-refractivity contribution is 6.33. The third-order valence-corrected chi connectivity index (χ3v) is 4.20. The van der Waals surface area contributed by atoms with Gasteiger partial charge in [0.25, 0.3) is 0 Å². The van der Waals surface area contributed by atoms with Gasteiger partial charge in [-0.1, -0.05) is 37.6 Å². The molecule has 104 valence electrons. The molecular weight excluding hydrogens is 264 g/mol. The SMILES string of the molecule is CCCCc1cc2oc1c1c2C(=O)c2ccccc2C1=O. The van der Waals surface area contributed by atoms with Crippen molar-refractivity contribution in [3.05, 3.63) is 58.1 Å². The molecule has 0 saturated carbocycles. The zero-order chi connectivity index (χ0) is 14.6. The van der Waals surface area contributed by atoms with Gasteiger partial charge in [-0.25, -0.2) is 0 Å². The minimum Gasteiger partial charge on any atom is -0.455 e. The molecule has 2 heterocycles. The first-order valence-electron chi connectivity index (χ1n) is 7.28. The second-order valence-corrected chi connectivity index (χ2v) is 5.52. The van der Waals surface area contributed by atoms with Crippen LogP contribution in [0.25, 0.3) is 11.2 Å². The Labute approximate surface area is 121 Å². The van der Waals surface area contributed by atoms with E-state index in [-0.39, 0.29) is 11.6 Å². The molecule has 0 unspecified atom stereocenters. The number of ketones is 2. The predicted octanol–water partition coefficient (Wildman–Crippen LogP) is 3.99. The van der Waals surface area contributed by atoms with Crippen molar-refractivity contribution in [1.29, 1.82) is 0 Å². The van der Waals surface area contributed by atoms with Crippen molar-refractivity contribution in [2.75, 3.05) is 0 Å². The average molecular weight is 278 g/mol. The van der Waals surface area contributed by atoms with E-state index in [0.29, 0.717) is 33.4 Å². The summed E-state index contributed by atoms with van der Waals surface area (Å²) in [6, 6.07) is 8.91. The van der Waals surface area contributed by atoms with E-state index in [2.05, 4.69) is 6.92 Å². The lowest BCUT2D eigenvalue weighted by Gasteiger charge is -2.15. The molecule has 0 spiro atoms. The van der Waals surface area contributed by atoms with Gasteiger partial charge in [0.15, 0.2) is 11.6 Å². The summed E-state index contributed by atoms with van der Waals surface area (Å²) in [6.45, 7) is 2.13. The fourth-order valence-corrected chi connectivity index (χ4v) is 3.14. The number of hydrogen-bond donors (Lipinski definition) is 0. The van der Waals surface area contributed by atoms with Gasteiger partial charge in [0.2, 0.25) is 0 Å². The number of furan rings is 2. The molecule has 0 radical (unpaired) electrons. The molecule has 4 rings (SSSR count). The summed E-state index contributed by atoms with van der Waals surface area (Å²) >= 11 is 0. The van der Waals surface area contributed by atoms with Crippen LogP contribution in [0.4, 0.5) is 0 Å². The number of unbranched alkanes of at least 4 members (excludes halogenated alkanes) is 1. The van der Waals surface area contributed by atoms with Crippen molar-refractivity contribution in [3.63, 3.8) is 0 Å². The van der Waals surface area contributed by atoms with E-state index in [4.69, 9.17) is 4.42 Å². The van der Waals surface area contributed by atoms with Gasteiger partial charge in [0.1, 0.15) is 11.2 Å². The number of carbonyl (C=O) groups excluding carboxylic acids is 2. The van der Waals surface area contributed by atoms with E-state index < -0.39 is 0 Å². The number of rotatable bonds is 3. The summed E-state index contributed by atoms with van der Waals surface area (Å²) in [5, 5.41) is 0. The molecule has 0 amide bonds. The standard InChI is InChI=1S/C18H14O3/c1-2-3-6-10-9-13-14-15(18(10)21-13)17(20)12-8-5-4-7-11(12)16(14)19/h4-5,7-9H,2-3,6H2,1H3. The molecule has 2 aromatic heterocycles. The van der Waals surface area contributed by atoms with Crippen molar-refractivity contribution < 1.29 is 14.0 Å². The van der Waals surface area contributed by atoms with E-state index in [9.17, 15) is 9.59 Å². The van der Waals surface area contributed by atoms with Crippen LogP contribution in [-0.2, 0) is 6.42 Å². The topological polar surface area (TPSA) is 47.3 Å². The highest BCUT2D eigenvalue weighted by Crippen LogP contribution is 2.39. The zero-order valence-electron chi connectivity index (χ0n) is 11.7. The van der Waals surface area contributed by atoms with Crippen LogP contribution < -0.4 is 0 Å². The van der Waals surface area contributed by atoms with Gasteiger partial charge >= 0.3 is 0 Å². The van der Waals surface area contributed by atoms with E-state index in [1.165, 1.54) is 0 Å². The minimum atomic E-state index is -0.101. The maximum absolute atomic E-state index is 12.7. The van der Waals surface area contributed by atoms with Crippen LogP contribution >= 0.6 is 0 Å². The third-order valence-electron chi connectivity index (χ3n) is 4.20. The van der Waals surface area contributed by atoms with Crippen LogP contribution in [0.1, 0.15) is 57.2 Å². The van der Waals surface area contributed by atoms with Crippen LogP contribution in [0.2, 0.25) is 0 Å². The van der Waals surface area contributed by atoms with Crippen molar-refractivity contribution >= 4 is 22.7 Å². The molecule has 1 aliphatic rings. The van der Waals surface area contributed by atoms with Crippen LogP contribution in [0.3, 0.4) is 0 Å². The summed E-state index contributed by atoms with van der Waals surface area (Å²) in [5.74, 6) is -0.191. The van der Waals surface area contributed by atoms with Gasteiger partial charge in [-0.15, -0.1) is 0 Å². The van der Waals surface area contributed by atoms with Gasteiger partial charge in [-0.05, 0) is 24.5 Å². The first kappa shape index (κ1) is 12.3. The Bertz CT molecular complexity index is 870. The molecular formula is C18H14O3. The van der Waals surface area contributed by atoms with Gasteiger partial charge < -0.3 is 4.42 Å². The Kier molecular flexibility index (Phi) is 2.52. The van der Waals surface area contributed by atoms with E-state index >= 15 is 0 Å². The molecule has 1 aromatic carbocycles. The van der Waals surface area contributed by atoms with Crippen molar-refractivity contribution in [3.8, 4) is 0 Å². The zero-order valence-corrected chi connectivity index (χ0v) is 11.7. The fraction of sp³-hybridized carbons (Fsp3) is 0.222. The highest BCUT2D eigenvalue weighted by atomic mass is 16.3. The van der Waals surface area contributed by atoms with Gasteiger partial charge in [-0.3, -0.25) is 9.59 Å². The van der Waals surface area contributed by atoms with Gasteiger partial charge in [0, 0.05) is 11.1 Å². The molecule has 3 aromatic rings. The third kappa shape index (κ3) is 1.54. The summed E-state index contributed by atoms with van der Waals surface area (Å²) in [4.78, 5) is 25.3. The lowest BCUT2D eigenvalue weighted by atomic mass is 9.83. The first-order valence-corrected chi connectivity index (χ1v) is 7.28. The summed E-state index contributed by atoms with van der Waals surface area (Å²) in [6.07, 6.45) is 3.02. The number of fused-ring (bicyclic) bond motifs is 6. The van der Waals surface area contributed by atoms with E-state index in [1.807, 2.05) is 6.07 Å². The van der Waals surface area contributed by atoms with E-state index in [0.717, 1.165) is 24.8 Å². The smallest absolute Gasteiger partial charge is 0.198 e. The Balaban J connectivity index is 1.93. The molecule has 2 bridgehead atoms. The molecule has 3 heteroatoms. The van der Waals surface area contributed by atoms with Crippen molar-refractivity contribution in [1.82, 2.24) is 0 Å². The lowest BCUT2D eigenvalue weighted by molar-refractivity contribution is 0.0982. The molecule has 1 aliphatic carbocycles. The Morgan fingerprint density at radius 1 is 1.00 bits per heavy atom. The molecule has 0 saturated heterocycles. The quantitative estimate of drug-likeness (QED) is 0.569. The fourth-order valence-electron chi connectivity index (χ4n) is 3.14. The normalized spacial score (nSPS) is 13.8. The predicted molar refractivity (Wildman–Crippen MR) is 79.3 cm³/mol. The van der Waals surface area contributed by atoms with Crippen LogP contribution in [0.15, 0.2) is 34.7 Å². The van der Waals surface area contributed by atoms with Crippen molar-refractivity contribution in [2.45, 2.75) is 26.2 Å². The molecule has 3 nitrogen and oxygen atoms in total. The van der Waals surface area contributed by atoms with E-state index in [1.54, 1.807) is 24.3 Å². The number of aryl methyl sites for hydroxylation is 1. The molecule has 0 atom stereocenters. The van der Waals surface area contributed by atoms with Crippen LogP contribution in [0.5, 0.6) is 0 Å². The molecule has 0 aliphatic heterocycles. The Morgan fingerprint density at radius 3 is 2.33 bits per heavy atom. The Morgan fingerprint density at radius 2 is 1.67 bits per heavy atom. The maximum atomic E-state index is 12.7. The number of carbonyl (C=O) groups is 2. The Hall–Kier alpha value is -2.42. The largest absolute Gasteiger partial charge is 0.455 e. The lowest BCUT2D eigenvalue weighted by Crippen LogP contribution is -2.20. The van der Waals surface area contributed by atoms with Gasteiger partial charge in [-0.2, -0.15) is 0 Å². The highest BCUT2D eigenvalue weighted by Gasteiger charge is 2.36. The van der Waals surface area contributed by atoms with Crippen LogP contribution in [0, 0.1) is 0 Å². The van der Waals surface area contributed by atoms with Crippen LogP contribution in [-0.4, -0.2) is 11.6 Å². The summed E-state index contributed by atoms with van der Waals surface area (Å²) in [5.41, 5.74) is 4.11. The summed E-state index contributed by atoms with van der Waals surface area (Å²) in [7, 11) is 0. The van der Waals surface area contributed by atoms with Gasteiger partial charge in [0.05, 0.1) is 11.1 Å². The second kappa shape index (κ2) is 4.29. The average Bonchev–Trinajstić information content (AvgIpc) is 3.08. The minimum absolute atomic E-state index is 0.0905. The monoisotopic (exact) mass is 278 g/mol. The molecule has 21 heavy (non-hydrogen) atoms. The first-order chi connectivity index (χ1) is 10.2. The molecule has 0 N–H and O–H groups in total. The number of hydrogen-bond acceptors (Lipinski definition) is 3. The molecule has 0 fully saturated rings. The maximum Gasteiger partial charge on any atom is 0.198 e. The number of benzene rings is 2. The van der Waals surface area contributed by atoms with Crippen molar-refractivity contribution in [2.24, 2.45) is 0 Å².